The highest BCUT2D eigenvalue weighted by Crippen LogP contribution is 2.23. The molecular formula is C15H19N3O2S2. The standard InChI is InChI=1S/C15H19N3O2S2/c1-22(2,20)17-9-8-16-14(19)10-13-11-21-15(18-13)12-6-4-3-5-7-12/h3-7,11H,8-10H2,1-2H3,(H,16,19). The molecule has 0 radical (unpaired) electrons. The van der Waals surface area contributed by atoms with E-state index in [9.17, 15) is 9.00 Å². The minimum absolute atomic E-state index is 0.0983. The number of amides is 1. The number of rotatable bonds is 6. The third kappa shape index (κ3) is 5.57. The Kier molecular flexibility index (Phi) is 5.68. The lowest BCUT2D eigenvalue weighted by molar-refractivity contribution is -0.120. The molecule has 1 N–H and O–H groups in total. The molecule has 5 nitrogen and oxygen atoms in total. The van der Waals surface area contributed by atoms with Gasteiger partial charge in [-0.2, -0.15) is 0 Å². The van der Waals surface area contributed by atoms with Gasteiger partial charge < -0.3 is 5.32 Å². The van der Waals surface area contributed by atoms with Crippen molar-refractivity contribution in [1.82, 2.24) is 10.3 Å². The molecule has 0 atom stereocenters. The van der Waals surface area contributed by atoms with E-state index in [1.54, 1.807) is 12.5 Å². The first-order valence-corrected chi connectivity index (χ1v) is 10.0. The molecule has 0 saturated heterocycles. The van der Waals surface area contributed by atoms with Crippen molar-refractivity contribution in [3.8, 4) is 10.6 Å². The largest absolute Gasteiger partial charge is 0.354 e. The van der Waals surface area contributed by atoms with Crippen LogP contribution >= 0.6 is 11.3 Å². The molecule has 0 unspecified atom stereocenters. The van der Waals surface area contributed by atoms with Crippen LogP contribution in [0.1, 0.15) is 5.69 Å². The van der Waals surface area contributed by atoms with Gasteiger partial charge in [0.1, 0.15) is 5.01 Å². The normalized spacial score (nSPS) is 11.2. The lowest BCUT2D eigenvalue weighted by Crippen LogP contribution is -2.27. The van der Waals surface area contributed by atoms with Crippen molar-refractivity contribution in [2.24, 2.45) is 4.36 Å². The molecule has 0 aliphatic carbocycles. The van der Waals surface area contributed by atoms with E-state index in [-0.39, 0.29) is 12.3 Å². The molecule has 1 aromatic carbocycles. The van der Waals surface area contributed by atoms with Crippen molar-refractivity contribution in [2.45, 2.75) is 6.42 Å². The summed E-state index contributed by atoms with van der Waals surface area (Å²) >= 11 is 1.53. The summed E-state index contributed by atoms with van der Waals surface area (Å²) in [6, 6.07) is 9.88. The van der Waals surface area contributed by atoms with Gasteiger partial charge in [-0.25, -0.2) is 9.35 Å². The predicted molar refractivity (Wildman–Crippen MR) is 91.5 cm³/mol. The quantitative estimate of drug-likeness (QED) is 0.822. The summed E-state index contributed by atoms with van der Waals surface area (Å²) in [6.45, 7) is 0.761. The number of benzene rings is 1. The van der Waals surface area contributed by atoms with E-state index < -0.39 is 9.73 Å². The fraction of sp³-hybridized carbons (Fsp3) is 0.333. The van der Waals surface area contributed by atoms with E-state index in [1.807, 2.05) is 35.7 Å². The van der Waals surface area contributed by atoms with Crippen molar-refractivity contribution in [3.05, 3.63) is 41.4 Å². The molecule has 2 rings (SSSR count). The summed E-state index contributed by atoms with van der Waals surface area (Å²) in [7, 11) is -2.10. The lowest BCUT2D eigenvalue weighted by atomic mass is 10.2. The van der Waals surface area contributed by atoms with Crippen LogP contribution < -0.4 is 5.32 Å². The molecule has 1 aromatic heterocycles. The molecular weight excluding hydrogens is 318 g/mol. The lowest BCUT2D eigenvalue weighted by Gasteiger charge is -2.02. The second kappa shape index (κ2) is 7.51. The van der Waals surface area contributed by atoms with E-state index >= 15 is 0 Å². The number of thiazole rings is 1. The zero-order valence-corrected chi connectivity index (χ0v) is 14.2. The third-order valence-electron chi connectivity index (χ3n) is 2.75. The summed E-state index contributed by atoms with van der Waals surface area (Å²) in [5.74, 6) is -0.0983. The Hall–Kier alpha value is -1.73. The van der Waals surface area contributed by atoms with Gasteiger partial charge in [0.15, 0.2) is 0 Å². The fourth-order valence-corrected chi connectivity index (χ4v) is 3.15. The predicted octanol–water partition coefficient (Wildman–Crippen LogP) is 2.20. The van der Waals surface area contributed by atoms with Gasteiger partial charge in [0.2, 0.25) is 5.91 Å². The summed E-state index contributed by atoms with van der Waals surface area (Å²) in [4.78, 5) is 16.3. The van der Waals surface area contributed by atoms with E-state index in [2.05, 4.69) is 14.7 Å². The molecule has 2 aromatic rings. The highest BCUT2D eigenvalue weighted by atomic mass is 32.2. The van der Waals surface area contributed by atoms with Gasteiger partial charge in [-0.3, -0.25) is 9.00 Å². The van der Waals surface area contributed by atoms with Gasteiger partial charge in [-0.05, 0) is 0 Å². The Bertz CT molecular complexity index is 739. The Morgan fingerprint density at radius 2 is 2.05 bits per heavy atom. The van der Waals surface area contributed by atoms with Crippen LogP contribution in [0.5, 0.6) is 0 Å². The van der Waals surface area contributed by atoms with E-state index in [0.29, 0.717) is 13.1 Å². The summed E-state index contributed by atoms with van der Waals surface area (Å²) in [5.41, 5.74) is 1.81. The Morgan fingerprint density at radius 1 is 1.32 bits per heavy atom. The third-order valence-corrected chi connectivity index (χ3v) is 4.49. The average molecular weight is 337 g/mol. The maximum atomic E-state index is 11.8. The molecule has 0 bridgehead atoms. The Balaban J connectivity index is 1.85. The highest BCUT2D eigenvalue weighted by Gasteiger charge is 2.08. The van der Waals surface area contributed by atoms with Gasteiger partial charge in [0, 0.05) is 39.7 Å². The van der Waals surface area contributed by atoms with Crippen LogP contribution in [-0.4, -0.2) is 40.7 Å². The molecule has 1 amide bonds. The first kappa shape index (κ1) is 16.6. The van der Waals surface area contributed by atoms with E-state index in [0.717, 1.165) is 16.3 Å². The van der Waals surface area contributed by atoms with Crippen molar-refractivity contribution in [1.29, 1.82) is 0 Å². The minimum Gasteiger partial charge on any atom is -0.354 e. The zero-order chi connectivity index (χ0) is 16.0. The minimum atomic E-state index is -2.10. The van der Waals surface area contributed by atoms with Gasteiger partial charge in [0.05, 0.1) is 18.7 Å². The average Bonchev–Trinajstić information content (AvgIpc) is 2.92. The number of hydrogen-bond acceptors (Lipinski definition) is 5. The smallest absolute Gasteiger partial charge is 0.226 e. The van der Waals surface area contributed by atoms with Crippen molar-refractivity contribution in [3.63, 3.8) is 0 Å². The van der Waals surface area contributed by atoms with Gasteiger partial charge in [0.25, 0.3) is 0 Å². The van der Waals surface area contributed by atoms with Gasteiger partial charge >= 0.3 is 0 Å². The fourth-order valence-electron chi connectivity index (χ4n) is 1.79. The van der Waals surface area contributed by atoms with Crippen LogP contribution in [0.4, 0.5) is 0 Å². The zero-order valence-electron chi connectivity index (χ0n) is 12.6. The first-order valence-electron chi connectivity index (χ1n) is 6.83. The van der Waals surface area contributed by atoms with Gasteiger partial charge in [-0.1, -0.05) is 30.3 Å². The number of nitrogens with zero attached hydrogens (tertiary/aromatic N) is 2. The summed E-state index contributed by atoms with van der Waals surface area (Å²) in [6.07, 6.45) is 3.40. The van der Waals surface area contributed by atoms with E-state index in [4.69, 9.17) is 0 Å². The highest BCUT2D eigenvalue weighted by molar-refractivity contribution is 7.92. The molecule has 0 fully saturated rings. The summed E-state index contributed by atoms with van der Waals surface area (Å²) in [5, 5.41) is 5.57. The molecule has 0 aliphatic heterocycles. The monoisotopic (exact) mass is 337 g/mol. The molecule has 0 spiro atoms. The maximum Gasteiger partial charge on any atom is 0.226 e. The number of carbonyl (C=O) groups is 1. The van der Waals surface area contributed by atoms with E-state index in [1.165, 1.54) is 11.3 Å². The number of aromatic nitrogens is 1. The van der Waals surface area contributed by atoms with Crippen molar-refractivity contribution < 1.29 is 9.00 Å². The van der Waals surface area contributed by atoms with Crippen LogP contribution in [0.2, 0.25) is 0 Å². The second-order valence-corrected chi connectivity index (χ2v) is 8.55. The number of carbonyl (C=O) groups excluding carboxylic acids is 1. The Morgan fingerprint density at radius 3 is 2.73 bits per heavy atom. The van der Waals surface area contributed by atoms with Crippen molar-refractivity contribution in [2.75, 3.05) is 25.6 Å². The van der Waals surface area contributed by atoms with Gasteiger partial charge in [-0.15, -0.1) is 11.3 Å². The first-order chi connectivity index (χ1) is 10.4. The SMILES string of the molecule is CS(C)(=O)=NCCNC(=O)Cc1csc(-c2ccccc2)n1. The van der Waals surface area contributed by atoms with Crippen LogP contribution in [0.25, 0.3) is 10.6 Å². The van der Waals surface area contributed by atoms with Crippen LogP contribution in [0, 0.1) is 0 Å². The van der Waals surface area contributed by atoms with Crippen LogP contribution in [0.15, 0.2) is 40.1 Å². The topological polar surface area (TPSA) is 71.4 Å². The molecule has 0 aliphatic rings. The number of nitrogens with one attached hydrogen (secondary N) is 1. The molecule has 7 heteroatoms. The molecule has 118 valence electrons. The summed E-state index contributed by atoms with van der Waals surface area (Å²) < 4.78 is 15.4. The molecule has 0 saturated carbocycles. The second-order valence-electron chi connectivity index (χ2n) is 5.07. The Labute approximate surface area is 135 Å². The molecule has 1 heterocycles. The van der Waals surface area contributed by atoms with Crippen LogP contribution in [-0.2, 0) is 20.9 Å². The van der Waals surface area contributed by atoms with Crippen LogP contribution in [0.3, 0.4) is 0 Å². The van der Waals surface area contributed by atoms with Crippen molar-refractivity contribution >= 4 is 27.0 Å². The maximum absolute atomic E-state index is 11.8. The molecule has 22 heavy (non-hydrogen) atoms. The number of hydrogen-bond donors (Lipinski definition) is 1.